The van der Waals surface area contributed by atoms with E-state index < -0.39 is 5.97 Å². The third kappa shape index (κ3) is 3.46. The van der Waals surface area contributed by atoms with Gasteiger partial charge in [-0.1, -0.05) is 19.1 Å². The van der Waals surface area contributed by atoms with E-state index in [1.54, 1.807) is 29.2 Å². The van der Waals surface area contributed by atoms with Crippen LogP contribution in [0.4, 0.5) is 0 Å². The number of nitrogens with zero attached hydrogens (tertiary/aromatic N) is 1. The van der Waals surface area contributed by atoms with Gasteiger partial charge in [-0.2, -0.15) is 0 Å². The lowest BCUT2D eigenvalue weighted by atomic mass is 10.2. The van der Waals surface area contributed by atoms with E-state index in [1.165, 1.54) is 6.07 Å². The van der Waals surface area contributed by atoms with E-state index in [1.807, 2.05) is 17.5 Å². The Labute approximate surface area is 132 Å². The van der Waals surface area contributed by atoms with Crippen LogP contribution in [0.1, 0.15) is 38.5 Å². The van der Waals surface area contributed by atoms with E-state index in [-0.39, 0.29) is 17.2 Å². The van der Waals surface area contributed by atoms with Gasteiger partial charge in [0.25, 0.3) is 5.91 Å². The fraction of sp³-hybridized carbons (Fsp3) is 0.250. The SMILES string of the molecule is C=CCN(Cc1cccs1)C(=O)c1cc(C(=O)O)c(CC)o1. The zero-order chi connectivity index (χ0) is 16.1. The average molecular weight is 319 g/mol. The highest BCUT2D eigenvalue weighted by Crippen LogP contribution is 2.20. The van der Waals surface area contributed by atoms with Crippen molar-refractivity contribution in [3.8, 4) is 0 Å². The number of carboxylic acid groups (broad SMARTS) is 1. The lowest BCUT2D eigenvalue weighted by molar-refractivity contribution is 0.0692. The highest BCUT2D eigenvalue weighted by atomic mass is 32.1. The lowest BCUT2D eigenvalue weighted by Gasteiger charge is -2.19. The van der Waals surface area contributed by atoms with Crippen LogP contribution in [-0.2, 0) is 13.0 Å². The molecule has 0 atom stereocenters. The van der Waals surface area contributed by atoms with Gasteiger partial charge in [-0.25, -0.2) is 4.79 Å². The molecule has 1 N–H and O–H groups in total. The number of aromatic carboxylic acids is 1. The maximum Gasteiger partial charge on any atom is 0.339 e. The summed E-state index contributed by atoms with van der Waals surface area (Å²) in [7, 11) is 0. The molecule has 2 heterocycles. The summed E-state index contributed by atoms with van der Waals surface area (Å²) in [5, 5.41) is 11.1. The predicted octanol–water partition coefficient (Wildman–Crippen LogP) is 3.43. The van der Waals surface area contributed by atoms with Gasteiger partial charge in [0.1, 0.15) is 11.3 Å². The number of thiophene rings is 1. The molecular formula is C16H17NO4S. The van der Waals surface area contributed by atoms with E-state index in [0.29, 0.717) is 25.3 Å². The van der Waals surface area contributed by atoms with Crippen molar-refractivity contribution in [1.29, 1.82) is 0 Å². The van der Waals surface area contributed by atoms with Crippen LogP contribution in [0.3, 0.4) is 0 Å². The molecule has 0 saturated heterocycles. The first kappa shape index (κ1) is 16.0. The molecule has 0 spiro atoms. The van der Waals surface area contributed by atoms with Crippen molar-refractivity contribution < 1.29 is 19.1 Å². The minimum absolute atomic E-state index is 0.0422. The molecule has 116 valence electrons. The number of hydrogen-bond donors (Lipinski definition) is 1. The molecule has 0 aromatic carbocycles. The molecule has 0 bridgehead atoms. The summed E-state index contributed by atoms with van der Waals surface area (Å²) in [5.74, 6) is -1.07. The second kappa shape index (κ2) is 7.09. The quantitative estimate of drug-likeness (QED) is 0.794. The van der Waals surface area contributed by atoms with Gasteiger partial charge >= 0.3 is 5.97 Å². The maximum atomic E-state index is 12.6. The Morgan fingerprint density at radius 1 is 1.50 bits per heavy atom. The third-order valence-corrected chi connectivity index (χ3v) is 4.00. The first-order chi connectivity index (χ1) is 10.6. The molecule has 0 fully saturated rings. The zero-order valence-corrected chi connectivity index (χ0v) is 13.1. The van der Waals surface area contributed by atoms with Gasteiger partial charge in [-0.05, 0) is 11.4 Å². The molecule has 0 unspecified atom stereocenters. The van der Waals surface area contributed by atoms with Crippen molar-refractivity contribution in [2.45, 2.75) is 19.9 Å². The summed E-state index contributed by atoms with van der Waals surface area (Å²) in [5.41, 5.74) is 0.0422. The molecule has 0 aliphatic heterocycles. The third-order valence-electron chi connectivity index (χ3n) is 3.13. The molecule has 0 saturated carbocycles. The van der Waals surface area contributed by atoms with Gasteiger partial charge in [-0.15, -0.1) is 17.9 Å². The van der Waals surface area contributed by atoms with Crippen molar-refractivity contribution in [3.05, 3.63) is 58.2 Å². The molecule has 1 amide bonds. The second-order valence-corrected chi connectivity index (χ2v) is 5.69. The Kier molecular flexibility index (Phi) is 5.16. The lowest BCUT2D eigenvalue weighted by Crippen LogP contribution is -2.30. The largest absolute Gasteiger partial charge is 0.478 e. The summed E-state index contributed by atoms with van der Waals surface area (Å²) < 4.78 is 5.43. The van der Waals surface area contributed by atoms with Gasteiger partial charge in [0.05, 0.1) is 6.54 Å². The van der Waals surface area contributed by atoms with E-state index in [2.05, 4.69) is 6.58 Å². The first-order valence-electron chi connectivity index (χ1n) is 6.85. The summed E-state index contributed by atoms with van der Waals surface area (Å²) in [6.45, 7) is 6.24. The van der Waals surface area contributed by atoms with Crippen LogP contribution in [-0.4, -0.2) is 28.4 Å². The van der Waals surface area contributed by atoms with Crippen LogP contribution in [0.5, 0.6) is 0 Å². The normalized spacial score (nSPS) is 10.4. The number of carbonyl (C=O) groups is 2. The fourth-order valence-corrected chi connectivity index (χ4v) is 2.82. The molecule has 6 heteroatoms. The van der Waals surface area contributed by atoms with Crippen molar-refractivity contribution in [2.24, 2.45) is 0 Å². The van der Waals surface area contributed by atoms with Gasteiger partial charge in [-0.3, -0.25) is 4.79 Å². The van der Waals surface area contributed by atoms with Crippen molar-refractivity contribution in [3.63, 3.8) is 0 Å². The molecule has 22 heavy (non-hydrogen) atoms. The highest BCUT2D eigenvalue weighted by molar-refractivity contribution is 7.09. The average Bonchev–Trinajstić information content (AvgIpc) is 3.15. The van der Waals surface area contributed by atoms with Crippen LogP contribution < -0.4 is 0 Å². The zero-order valence-electron chi connectivity index (χ0n) is 12.2. The van der Waals surface area contributed by atoms with Crippen LogP contribution in [0.25, 0.3) is 0 Å². The van der Waals surface area contributed by atoms with Crippen LogP contribution in [0.15, 0.2) is 40.7 Å². The Bertz CT molecular complexity index is 672. The van der Waals surface area contributed by atoms with E-state index in [0.717, 1.165) is 4.88 Å². The molecule has 2 aromatic rings. The summed E-state index contributed by atoms with van der Waals surface area (Å²) in [4.78, 5) is 26.3. The molecule has 0 aliphatic rings. The van der Waals surface area contributed by atoms with Gasteiger partial charge in [0.2, 0.25) is 0 Å². The number of furan rings is 1. The summed E-state index contributed by atoms with van der Waals surface area (Å²) in [6.07, 6.45) is 2.05. The number of hydrogen-bond acceptors (Lipinski definition) is 4. The monoisotopic (exact) mass is 319 g/mol. The predicted molar refractivity (Wildman–Crippen MR) is 84.3 cm³/mol. The van der Waals surface area contributed by atoms with Crippen LogP contribution >= 0.6 is 11.3 Å². The molecule has 5 nitrogen and oxygen atoms in total. The van der Waals surface area contributed by atoms with Crippen molar-refractivity contribution in [2.75, 3.05) is 6.54 Å². The van der Waals surface area contributed by atoms with Crippen LogP contribution in [0, 0.1) is 0 Å². The first-order valence-corrected chi connectivity index (χ1v) is 7.73. The second-order valence-electron chi connectivity index (χ2n) is 4.66. The van der Waals surface area contributed by atoms with E-state index in [9.17, 15) is 9.59 Å². The molecule has 2 aromatic heterocycles. The Morgan fingerprint density at radius 3 is 2.77 bits per heavy atom. The van der Waals surface area contributed by atoms with Crippen molar-refractivity contribution in [1.82, 2.24) is 4.90 Å². The van der Waals surface area contributed by atoms with Gasteiger partial charge in [0, 0.05) is 23.9 Å². The Morgan fingerprint density at radius 2 is 2.27 bits per heavy atom. The minimum atomic E-state index is -1.09. The number of carboxylic acids is 1. The smallest absolute Gasteiger partial charge is 0.339 e. The molecular weight excluding hydrogens is 302 g/mol. The molecule has 0 radical (unpaired) electrons. The highest BCUT2D eigenvalue weighted by Gasteiger charge is 2.23. The number of aryl methyl sites for hydroxylation is 1. The van der Waals surface area contributed by atoms with E-state index >= 15 is 0 Å². The number of rotatable bonds is 7. The standard InChI is InChI=1S/C16H17NO4S/c1-3-7-17(10-11-6-5-8-22-11)15(18)14-9-12(16(19)20)13(4-2)21-14/h3,5-6,8-9H,1,4,7,10H2,2H3,(H,19,20). The minimum Gasteiger partial charge on any atom is -0.478 e. The number of carbonyl (C=O) groups excluding carboxylic acids is 1. The topological polar surface area (TPSA) is 70.8 Å². The Balaban J connectivity index is 2.26. The summed E-state index contributed by atoms with van der Waals surface area (Å²) in [6, 6.07) is 5.16. The van der Waals surface area contributed by atoms with Gasteiger partial charge < -0.3 is 14.4 Å². The maximum absolute atomic E-state index is 12.6. The van der Waals surface area contributed by atoms with Crippen molar-refractivity contribution >= 4 is 23.2 Å². The van der Waals surface area contributed by atoms with Crippen LogP contribution in [0.2, 0.25) is 0 Å². The molecule has 0 aliphatic carbocycles. The number of amides is 1. The van der Waals surface area contributed by atoms with E-state index in [4.69, 9.17) is 9.52 Å². The molecule has 2 rings (SSSR count). The Hall–Kier alpha value is -2.34. The fourth-order valence-electron chi connectivity index (χ4n) is 2.10. The van der Waals surface area contributed by atoms with Gasteiger partial charge in [0.15, 0.2) is 5.76 Å². The summed E-state index contributed by atoms with van der Waals surface area (Å²) >= 11 is 1.55.